The molecular formula is C10H10N2O5S. The molecule has 0 spiro atoms. The second kappa shape index (κ2) is 4.07. The van der Waals surface area contributed by atoms with Crippen LogP contribution in [0, 0.1) is 0 Å². The van der Waals surface area contributed by atoms with Crippen molar-refractivity contribution in [3.8, 4) is 5.75 Å². The lowest BCUT2D eigenvalue weighted by Gasteiger charge is -2.14. The second-order valence-corrected chi connectivity index (χ2v) is 5.26. The highest BCUT2D eigenvalue weighted by Gasteiger charge is 2.26. The van der Waals surface area contributed by atoms with Crippen molar-refractivity contribution < 1.29 is 22.9 Å². The summed E-state index contributed by atoms with van der Waals surface area (Å²) >= 11 is 0. The zero-order valence-electron chi connectivity index (χ0n) is 9.36. The third-order valence-corrected chi connectivity index (χ3v) is 3.24. The van der Waals surface area contributed by atoms with Crippen LogP contribution in [-0.4, -0.2) is 29.7 Å². The van der Waals surface area contributed by atoms with E-state index in [9.17, 15) is 18.3 Å². The number of phenolic OH excluding ortho intramolecular Hbond substituents is 1. The summed E-state index contributed by atoms with van der Waals surface area (Å²) in [5.74, 6) is -0.676. The van der Waals surface area contributed by atoms with Gasteiger partial charge in [-0.1, -0.05) is 0 Å². The van der Waals surface area contributed by atoms with Crippen molar-refractivity contribution >= 4 is 27.4 Å². The largest absolute Gasteiger partial charge is 0.506 e. The number of carbonyl (C=O) groups is 1. The van der Waals surface area contributed by atoms with Gasteiger partial charge in [-0.3, -0.25) is 9.35 Å². The van der Waals surface area contributed by atoms with E-state index in [2.05, 4.69) is 5.10 Å². The van der Waals surface area contributed by atoms with Crippen LogP contribution in [0.4, 0.5) is 5.69 Å². The van der Waals surface area contributed by atoms with Gasteiger partial charge in [0.25, 0.3) is 16.0 Å². The monoisotopic (exact) mass is 270 g/mol. The average molecular weight is 270 g/mol. The molecule has 0 radical (unpaired) electrons. The van der Waals surface area contributed by atoms with E-state index in [1.807, 2.05) is 0 Å². The Hall–Kier alpha value is -1.93. The Labute approximate surface area is 103 Å². The summed E-state index contributed by atoms with van der Waals surface area (Å²) in [6.07, 6.45) is 0.107. The van der Waals surface area contributed by atoms with Crippen molar-refractivity contribution in [3.05, 3.63) is 18.2 Å². The predicted molar refractivity (Wildman–Crippen MR) is 63.1 cm³/mol. The van der Waals surface area contributed by atoms with E-state index < -0.39 is 15.0 Å². The lowest BCUT2D eigenvalue weighted by molar-refractivity contribution is -0.116. The van der Waals surface area contributed by atoms with Crippen molar-refractivity contribution in [3.63, 3.8) is 0 Å². The molecule has 1 aromatic rings. The third kappa shape index (κ3) is 2.20. The molecule has 1 aromatic carbocycles. The minimum Gasteiger partial charge on any atom is -0.506 e. The molecule has 7 nitrogen and oxygen atoms in total. The molecule has 8 heteroatoms. The quantitative estimate of drug-likeness (QED) is 0.771. The van der Waals surface area contributed by atoms with Gasteiger partial charge in [0, 0.05) is 5.71 Å². The smallest absolute Gasteiger partial charge is 0.294 e. The normalized spacial score (nSPS) is 16.0. The molecule has 0 unspecified atom stereocenters. The maximum absolute atomic E-state index is 11.6. The average Bonchev–Trinajstić information content (AvgIpc) is 2.56. The highest BCUT2D eigenvalue weighted by Crippen LogP contribution is 2.32. The maximum Gasteiger partial charge on any atom is 0.294 e. The Morgan fingerprint density at radius 3 is 2.56 bits per heavy atom. The number of benzene rings is 1. The van der Waals surface area contributed by atoms with Gasteiger partial charge in [-0.15, -0.1) is 0 Å². The van der Waals surface area contributed by atoms with Gasteiger partial charge in [0.15, 0.2) is 0 Å². The molecule has 0 bridgehead atoms. The van der Waals surface area contributed by atoms with Crippen molar-refractivity contribution in [1.29, 1.82) is 0 Å². The summed E-state index contributed by atoms with van der Waals surface area (Å²) in [5.41, 5.74) is 0.476. The van der Waals surface area contributed by atoms with E-state index in [4.69, 9.17) is 4.55 Å². The molecule has 2 N–H and O–H groups in total. The Morgan fingerprint density at radius 1 is 1.39 bits per heavy atom. The minimum atomic E-state index is -4.40. The highest BCUT2D eigenvalue weighted by molar-refractivity contribution is 7.85. The Morgan fingerprint density at radius 2 is 2.06 bits per heavy atom. The zero-order valence-corrected chi connectivity index (χ0v) is 10.2. The number of phenols is 1. The van der Waals surface area contributed by atoms with Gasteiger partial charge >= 0.3 is 0 Å². The fourth-order valence-electron chi connectivity index (χ4n) is 1.58. The lowest BCUT2D eigenvalue weighted by Crippen LogP contribution is -2.20. The fourth-order valence-corrected chi connectivity index (χ4v) is 2.08. The first kappa shape index (κ1) is 12.5. The van der Waals surface area contributed by atoms with Crippen molar-refractivity contribution in [2.75, 3.05) is 5.01 Å². The molecule has 2 rings (SSSR count). The number of carbonyl (C=O) groups excluding carboxylic acids is 1. The number of rotatable bonds is 2. The third-order valence-electron chi connectivity index (χ3n) is 2.39. The van der Waals surface area contributed by atoms with Gasteiger partial charge in [-0.2, -0.15) is 18.5 Å². The van der Waals surface area contributed by atoms with E-state index in [1.165, 1.54) is 0 Å². The van der Waals surface area contributed by atoms with Crippen LogP contribution in [0.3, 0.4) is 0 Å². The lowest BCUT2D eigenvalue weighted by atomic mass is 10.2. The predicted octanol–water partition coefficient (Wildman–Crippen LogP) is 0.752. The number of anilines is 1. The van der Waals surface area contributed by atoms with Crippen LogP contribution in [0.1, 0.15) is 13.3 Å². The van der Waals surface area contributed by atoms with Crippen LogP contribution in [0.25, 0.3) is 0 Å². The minimum absolute atomic E-state index is 0.0769. The summed E-state index contributed by atoms with van der Waals surface area (Å²) in [5, 5.41) is 14.4. The van der Waals surface area contributed by atoms with Crippen LogP contribution in [0.2, 0.25) is 0 Å². The first-order chi connectivity index (χ1) is 8.29. The number of hydrogen-bond donors (Lipinski definition) is 2. The summed E-state index contributed by atoms with van der Waals surface area (Å²) in [7, 11) is -4.40. The van der Waals surface area contributed by atoms with Gasteiger partial charge in [0.05, 0.1) is 11.3 Å². The number of hydrogen-bond acceptors (Lipinski definition) is 5. The Balaban J connectivity index is 2.55. The first-order valence-electron chi connectivity index (χ1n) is 4.96. The van der Waals surface area contributed by atoms with Gasteiger partial charge in [-0.25, -0.2) is 0 Å². The van der Waals surface area contributed by atoms with E-state index in [-0.39, 0.29) is 23.8 Å². The molecular weight excluding hydrogens is 260 g/mol. The fraction of sp³-hybridized carbons (Fsp3) is 0.200. The standard InChI is InChI=1S/C10H10N2O5S/c1-6-4-10(14)12(11-6)8-5-7(18(15,16)17)2-3-9(8)13/h2-3,5,13H,4H2,1H3,(H,15,16,17). The van der Waals surface area contributed by atoms with Crippen molar-refractivity contribution in [2.45, 2.75) is 18.2 Å². The van der Waals surface area contributed by atoms with Crippen LogP contribution >= 0.6 is 0 Å². The molecule has 1 heterocycles. The van der Waals surface area contributed by atoms with Gasteiger partial charge in [-0.05, 0) is 25.1 Å². The van der Waals surface area contributed by atoms with Gasteiger partial charge in [0.2, 0.25) is 0 Å². The molecule has 1 aliphatic heterocycles. The van der Waals surface area contributed by atoms with Crippen LogP contribution in [0.5, 0.6) is 5.75 Å². The van der Waals surface area contributed by atoms with E-state index in [0.29, 0.717) is 5.71 Å². The summed E-state index contributed by atoms with van der Waals surface area (Å²) in [4.78, 5) is 11.2. The first-order valence-corrected chi connectivity index (χ1v) is 6.40. The molecule has 0 atom stereocenters. The summed E-state index contributed by atoms with van der Waals surface area (Å²) in [6, 6.07) is 3.10. The molecule has 1 aliphatic rings. The molecule has 18 heavy (non-hydrogen) atoms. The Bertz CT molecular complexity index is 650. The highest BCUT2D eigenvalue weighted by atomic mass is 32.2. The van der Waals surface area contributed by atoms with E-state index in [1.54, 1.807) is 6.92 Å². The van der Waals surface area contributed by atoms with E-state index >= 15 is 0 Å². The van der Waals surface area contributed by atoms with Crippen molar-refractivity contribution in [2.24, 2.45) is 5.10 Å². The topological polar surface area (TPSA) is 107 Å². The number of hydrazone groups is 1. The molecule has 0 aromatic heterocycles. The van der Waals surface area contributed by atoms with Crippen molar-refractivity contribution in [1.82, 2.24) is 0 Å². The zero-order chi connectivity index (χ0) is 13.5. The summed E-state index contributed by atoms with van der Waals surface area (Å²) in [6.45, 7) is 1.64. The maximum atomic E-state index is 11.6. The van der Waals surface area contributed by atoms with E-state index in [0.717, 1.165) is 23.2 Å². The molecule has 0 saturated carbocycles. The molecule has 0 aliphatic carbocycles. The second-order valence-electron chi connectivity index (χ2n) is 3.84. The SMILES string of the molecule is CC1=NN(c2cc(S(=O)(=O)O)ccc2O)C(=O)C1. The molecule has 1 amide bonds. The van der Waals surface area contributed by atoms with Crippen LogP contribution in [-0.2, 0) is 14.9 Å². The Kier molecular flexibility index (Phi) is 2.83. The number of aromatic hydroxyl groups is 1. The molecule has 0 saturated heterocycles. The summed E-state index contributed by atoms with van der Waals surface area (Å²) < 4.78 is 30.9. The number of amides is 1. The molecule has 96 valence electrons. The molecule has 0 fully saturated rings. The number of nitrogens with zero attached hydrogens (tertiary/aromatic N) is 2. The van der Waals surface area contributed by atoms with Gasteiger partial charge < -0.3 is 5.11 Å². The van der Waals surface area contributed by atoms with Crippen LogP contribution < -0.4 is 5.01 Å². The van der Waals surface area contributed by atoms with Gasteiger partial charge in [0.1, 0.15) is 11.4 Å². The van der Waals surface area contributed by atoms with Crippen LogP contribution in [0.15, 0.2) is 28.2 Å².